The molecule has 2 radical (unpaired) electrons. The largest absolute Gasteiger partial charge is 0.397 e. The van der Waals surface area contributed by atoms with Crippen LogP contribution in [0.1, 0.15) is 11.1 Å². The van der Waals surface area contributed by atoms with Crippen molar-refractivity contribution in [2.75, 3.05) is 11.5 Å². The van der Waals surface area contributed by atoms with Crippen LogP contribution < -0.4 is 11.5 Å². The molecule has 2 heteroatoms. The maximum Gasteiger partial charge on any atom is 0.0583 e. The predicted molar refractivity (Wildman–Crippen MR) is 44.2 cm³/mol. The van der Waals surface area contributed by atoms with E-state index in [0.717, 1.165) is 11.1 Å². The van der Waals surface area contributed by atoms with Gasteiger partial charge in [0, 0.05) is 0 Å². The quantitative estimate of drug-likeness (QED) is 0.524. The van der Waals surface area contributed by atoms with Gasteiger partial charge < -0.3 is 11.5 Å². The van der Waals surface area contributed by atoms with Crippen molar-refractivity contribution in [1.82, 2.24) is 0 Å². The Labute approximate surface area is 60.8 Å². The Morgan fingerprint density at radius 2 is 1.20 bits per heavy atom. The van der Waals surface area contributed by atoms with Crippen LogP contribution in [0.5, 0.6) is 0 Å². The Morgan fingerprint density at radius 3 is 1.50 bits per heavy atom. The second-order valence-electron chi connectivity index (χ2n) is 2.21. The molecule has 0 aliphatic carbocycles. The van der Waals surface area contributed by atoms with Gasteiger partial charge in [0.2, 0.25) is 0 Å². The molecule has 0 unspecified atom stereocenters. The van der Waals surface area contributed by atoms with Crippen molar-refractivity contribution in [2.24, 2.45) is 0 Å². The highest BCUT2D eigenvalue weighted by Gasteiger charge is 1.99. The molecule has 1 rings (SSSR count). The lowest BCUT2D eigenvalue weighted by atomic mass is 10.1. The lowest BCUT2D eigenvalue weighted by molar-refractivity contribution is 1.54. The number of nitrogens with two attached hydrogens (primary N) is 2. The van der Waals surface area contributed by atoms with Crippen LogP contribution in [0.2, 0.25) is 0 Å². The first kappa shape index (κ1) is 6.93. The highest BCUT2D eigenvalue weighted by atomic mass is 14.7. The number of hydrogen-bond acceptors (Lipinski definition) is 2. The zero-order valence-electron chi connectivity index (χ0n) is 5.72. The fraction of sp³-hybridized carbons (Fsp3) is 0. The monoisotopic (exact) mass is 134 g/mol. The molecule has 0 aliphatic heterocycles. The smallest absolute Gasteiger partial charge is 0.0583 e. The van der Waals surface area contributed by atoms with Crippen LogP contribution in [0.25, 0.3) is 0 Å². The summed E-state index contributed by atoms with van der Waals surface area (Å²) in [6, 6.07) is 3.60. The minimum atomic E-state index is 0.535. The number of rotatable bonds is 0. The van der Waals surface area contributed by atoms with Gasteiger partial charge in [0.05, 0.1) is 11.4 Å². The van der Waals surface area contributed by atoms with Crippen LogP contribution in [0.15, 0.2) is 12.1 Å². The minimum absolute atomic E-state index is 0.535. The van der Waals surface area contributed by atoms with Crippen LogP contribution in [0, 0.1) is 13.8 Å². The molecule has 0 bridgehead atoms. The SMILES string of the molecule is [CH2]c1ccc([CH2])c(N)c1N. The van der Waals surface area contributed by atoms with Crippen LogP contribution in [-0.4, -0.2) is 0 Å². The number of hydrogen-bond donors (Lipinski definition) is 2. The summed E-state index contributed by atoms with van der Waals surface area (Å²) in [7, 11) is 0. The Hall–Kier alpha value is -1.18. The molecule has 0 saturated carbocycles. The first-order valence-electron chi connectivity index (χ1n) is 2.95. The maximum atomic E-state index is 5.56. The van der Waals surface area contributed by atoms with Crippen molar-refractivity contribution in [3.63, 3.8) is 0 Å². The average molecular weight is 134 g/mol. The highest BCUT2D eigenvalue weighted by Crippen LogP contribution is 2.22. The van der Waals surface area contributed by atoms with E-state index in [4.69, 9.17) is 11.5 Å². The van der Waals surface area contributed by atoms with Gasteiger partial charge in [-0.2, -0.15) is 0 Å². The first-order chi connectivity index (χ1) is 4.63. The summed E-state index contributed by atoms with van der Waals surface area (Å²) in [5.41, 5.74) is 13.7. The number of anilines is 2. The van der Waals surface area contributed by atoms with E-state index in [9.17, 15) is 0 Å². The molecule has 2 nitrogen and oxygen atoms in total. The lowest BCUT2D eigenvalue weighted by Crippen LogP contribution is -1.98. The molecule has 0 spiro atoms. The molecule has 4 N–H and O–H groups in total. The molecular formula is C8H10N2. The molecule has 0 aromatic heterocycles. The summed E-state index contributed by atoms with van der Waals surface area (Å²) in [4.78, 5) is 0. The van der Waals surface area contributed by atoms with E-state index >= 15 is 0 Å². The van der Waals surface area contributed by atoms with Crippen molar-refractivity contribution >= 4 is 11.4 Å². The number of benzene rings is 1. The molecule has 1 aromatic rings. The van der Waals surface area contributed by atoms with Gasteiger partial charge in [0.1, 0.15) is 0 Å². The van der Waals surface area contributed by atoms with E-state index in [0.29, 0.717) is 11.4 Å². The van der Waals surface area contributed by atoms with Gasteiger partial charge in [-0.1, -0.05) is 12.1 Å². The van der Waals surface area contributed by atoms with Gasteiger partial charge in [0.15, 0.2) is 0 Å². The second-order valence-corrected chi connectivity index (χ2v) is 2.21. The van der Waals surface area contributed by atoms with Gasteiger partial charge in [-0.05, 0) is 25.0 Å². The normalized spacial score (nSPS) is 9.80. The third kappa shape index (κ3) is 0.923. The topological polar surface area (TPSA) is 52.0 Å². The average Bonchev–Trinajstić information content (AvgIpc) is 1.93. The zero-order chi connectivity index (χ0) is 7.72. The van der Waals surface area contributed by atoms with Gasteiger partial charge in [-0.3, -0.25) is 0 Å². The third-order valence-electron chi connectivity index (χ3n) is 1.47. The Bertz CT molecular complexity index is 227. The van der Waals surface area contributed by atoms with Crippen molar-refractivity contribution in [1.29, 1.82) is 0 Å². The van der Waals surface area contributed by atoms with Gasteiger partial charge in [0.25, 0.3) is 0 Å². The minimum Gasteiger partial charge on any atom is -0.397 e. The zero-order valence-corrected chi connectivity index (χ0v) is 5.72. The third-order valence-corrected chi connectivity index (χ3v) is 1.47. The number of nitrogen functional groups attached to an aromatic ring is 2. The predicted octanol–water partition coefficient (Wildman–Crippen LogP) is 1.22. The van der Waals surface area contributed by atoms with E-state index in [2.05, 4.69) is 13.8 Å². The van der Waals surface area contributed by atoms with E-state index in [1.807, 2.05) is 0 Å². The Kier molecular flexibility index (Phi) is 1.53. The van der Waals surface area contributed by atoms with Crippen molar-refractivity contribution in [2.45, 2.75) is 0 Å². The second kappa shape index (κ2) is 2.21. The molecule has 10 heavy (non-hydrogen) atoms. The van der Waals surface area contributed by atoms with E-state index in [-0.39, 0.29) is 0 Å². The summed E-state index contributed by atoms with van der Waals surface area (Å²) in [5.74, 6) is 0. The lowest BCUT2D eigenvalue weighted by Gasteiger charge is -2.05. The maximum absolute atomic E-state index is 5.56. The van der Waals surface area contributed by atoms with Crippen molar-refractivity contribution in [3.05, 3.63) is 37.1 Å². The van der Waals surface area contributed by atoms with Crippen LogP contribution in [0.3, 0.4) is 0 Å². The molecule has 0 aliphatic rings. The van der Waals surface area contributed by atoms with Crippen molar-refractivity contribution in [3.8, 4) is 0 Å². The summed E-state index contributed by atoms with van der Waals surface area (Å²) in [6.45, 7) is 7.38. The Morgan fingerprint density at radius 1 is 0.900 bits per heavy atom. The van der Waals surface area contributed by atoms with Crippen LogP contribution in [-0.2, 0) is 0 Å². The summed E-state index contributed by atoms with van der Waals surface area (Å²) in [5, 5.41) is 0. The Balaban J connectivity index is 3.34. The molecule has 0 saturated heterocycles. The van der Waals surface area contributed by atoms with Gasteiger partial charge in [-0.15, -0.1) is 0 Å². The van der Waals surface area contributed by atoms with Gasteiger partial charge in [-0.25, -0.2) is 0 Å². The molecule has 0 fully saturated rings. The van der Waals surface area contributed by atoms with E-state index in [1.54, 1.807) is 12.1 Å². The molecule has 0 heterocycles. The first-order valence-corrected chi connectivity index (χ1v) is 2.95. The summed E-state index contributed by atoms with van der Waals surface area (Å²) < 4.78 is 0. The summed E-state index contributed by atoms with van der Waals surface area (Å²) in [6.07, 6.45) is 0. The standard InChI is InChI=1S/C8H10N2/c1-5-3-4-6(2)8(10)7(5)9/h3-4H,1-2,9-10H2. The molecule has 1 aromatic carbocycles. The van der Waals surface area contributed by atoms with E-state index in [1.165, 1.54) is 0 Å². The molecule has 0 atom stereocenters. The fourth-order valence-corrected chi connectivity index (χ4v) is 0.727. The molecule has 52 valence electrons. The molecular weight excluding hydrogens is 124 g/mol. The van der Waals surface area contributed by atoms with E-state index < -0.39 is 0 Å². The van der Waals surface area contributed by atoms with Crippen LogP contribution in [0.4, 0.5) is 11.4 Å². The van der Waals surface area contributed by atoms with Crippen molar-refractivity contribution < 1.29 is 0 Å². The summed E-state index contributed by atoms with van der Waals surface area (Å²) >= 11 is 0. The molecule has 0 amide bonds. The fourth-order valence-electron chi connectivity index (χ4n) is 0.727. The van der Waals surface area contributed by atoms with Crippen LogP contribution >= 0.6 is 0 Å². The highest BCUT2D eigenvalue weighted by molar-refractivity contribution is 5.72. The van der Waals surface area contributed by atoms with Gasteiger partial charge >= 0.3 is 0 Å².